The molecule has 1 aliphatic rings. The average molecular weight is 259 g/mol. The zero-order valence-corrected chi connectivity index (χ0v) is 12.8. The maximum Gasteiger partial charge on any atom is 0.0320 e. The number of hydrogen-bond donors (Lipinski definition) is 1. The quantitative estimate of drug-likeness (QED) is 0.795. The van der Waals surface area contributed by atoms with E-state index < -0.39 is 0 Å². The van der Waals surface area contributed by atoms with Gasteiger partial charge in [-0.3, -0.25) is 0 Å². The molecule has 1 saturated carbocycles. The summed E-state index contributed by atoms with van der Waals surface area (Å²) in [5.74, 6) is 0.932. The van der Waals surface area contributed by atoms with E-state index in [9.17, 15) is 0 Å². The molecule has 0 saturated heterocycles. The van der Waals surface area contributed by atoms with Gasteiger partial charge in [0.2, 0.25) is 0 Å². The first kappa shape index (κ1) is 14.6. The van der Waals surface area contributed by atoms with E-state index in [1.165, 1.54) is 43.2 Å². The lowest BCUT2D eigenvalue weighted by Crippen LogP contribution is -2.35. The van der Waals surface area contributed by atoms with Crippen LogP contribution in [-0.2, 0) is 6.42 Å². The molecule has 1 nitrogen and oxygen atoms in total. The first-order chi connectivity index (χ1) is 9.22. The summed E-state index contributed by atoms with van der Waals surface area (Å²) in [6, 6.07) is 10.4. The lowest BCUT2D eigenvalue weighted by atomic mass is 9.86. The van der Waals surface area contributed by atoms with Crippen molar-refractivity contribution in [3.63, 3.8) is 0 Å². The van der Waals surface area contributed by atoms with E-state index in [0.717, 1.165) is 18.4 Å². The van der Waals surface area contributed by atoms with E-state index in [0.29, 0.717) is 6.04 Å². The van der Waals surface area contributed by atoms with E-state index in [-0.39, 0.29) is 0 Å². The lowest BCUT2D eigenvalue weighted by Gasteiger charge is -2.31. The highest BCUT2D eigenvalue weighted by Gasteiger charge is 2.20. The molecule has 0 amide bonds. The van der Waals surface area contributed by atoms with Gasteiger partial charge in [-0.1, -0.05) is 45.0 Å². The van der Waals surface area contributed by atoms with Gasteiger partial charge in [-0.05, 0) is 55.6 Å². The minimum atomic E-state index is 0.532. The molecule has 0 bridgehead atoms. The molecule has 1 unspecified atom stereocenters. The summed E-state index contributed by atoms with van der Waals surface area (Å²) >= 11 is 0. The Morgan fingerprint density at radius 3 is 2.21 bits per heavy atom. The molecule has 1 aromatic carbocycles. The van der Waals surface area contributed by atoms with Gasteiger partial charge >= 0.3 is 0 Å². The largest absolute Gasteiger partial charge is 0.307 e. The van der Waals surface area contributed by atoms with Crippen LogP contribution in [0, 0.1) is 5.92 Å². The van der Waals surface area contributed by atoms with Crippen LogP contribution in [0.15, 0.2) is 24.3 Å². The minimum absolute atomic E-state index is 0.532. The van der Waals surface area contributed by atoms with Crippen LogP contribution >= 0.6 is 0 Å². The molecule has 19 heavy (non-hydrogen) atoms. The minimum Gasteiger partial charge on any atom is -0.307 e. The summed E-state index contributed by atoms with van der Waals surface area (Å²) in [5.41, 5.74) is 2.89. The van der Waals surface area contributed by atoms with E-state index in [2.05, 4.69) is 50.4 Å². The summed E-state index contributed by atoms with van der Waals surface area (Å²) in [6.07, 6.45) is 7.80. The molecule has 1 aliphatic carbocycles. The summed E-state index contributed by atoms with van der Waals surface area (Å²) in [5, 5.41) is 3.88. The van der Waals surface area contributed by atoms with Crippen molar-refractivity contribution in [3.8, 4) is 0 Å². The van der Waals surface area contributed by atoms with E-state index in [4.69, 9.17) is 0 Å². The van der Waals surface area contributed by atoms with Gasteiger partial charge in [0.25, 0.3) is 0 Å². The predicted molar refractivity (Wildman–Crippen MR) is 83.4 cm³/mol. The summed E-state index contributed by atoms with van der Waals surface area (Å²) in [4.78, 5) is 0. The van der Waals surface area contributed by atoms with E-state index >= 15 is 0 Å². The number of benzene rings is 1. The first-order valence-corrected chi connectivity index (χ1v) is 8.07. The highest BCUT2D eigenvalue weighted by molar-refractivity contribution is 5.25. The molecule has 1 heteroatoms. The van der Waals surface area contributed by atoms with Crippen molar-refractivity contribution >= 4 is 0 Å². The molecular formula is C18H29N. The molecule has 0 aliphatic heterocycles. The molecule has 0 heterocycles. The Balaban J connectivity index is 1.95. The van der Waals surface area contributed by atoms with E-state index in [1.807, 2.05) is 0 Å². The highest BCUT2D eigenvalue weighted by atomic mass is 14.9. The number of nitrogens with one attached hydrogen (secondary N) is 1. The predicted octanol–water partition coefficient (Wildman–Crippen LogP) is 4.87. The summed E-state index contributed by atoms with van der Waals surface area (Å²) in [6.45, 7) is 6.89. The third-order valence-corrected chi connectivity index (χ3v) is 4.65. The van der Waals surface area contributed by atoms with Gasteiger partial charge in [-0.2, -0.15) is 0 Å². The molecule has 1 atom stereocenters. The molecule has 0 radical (unpaired) electrons. The third kappa shape index (κ3) is 4.07. The fourth-order valence-electron chi connectivity index (χ4n) is 3.15. The fraction of sp³-hybridized carbons (Fsp3) is 0.667. The summed E-state index contributed by atoms with van der Waals surface area (Å²) < 4.78 is 0. The van der Waals surface area contributed by atoms with Crippen LogP contribution in [0.2, 0.25) is 0 Å². The van der Waals surface area contributed by atoms with Gasteiger partial charge in [-0.15, -0.1) is 0 Å². The van der Waals surface area contributed by atoms with Crippen LogP contribution in [-0.4, -0.2) is 6.04 Å². The molecule has 1 N–H and O–H groups in total. The Labute approximate surface area is 118 Å². The van der Waals surface area contributed by atoms with Crippen LogP contribution in [0.25, 0.3) is 0 Å². The second-order valence-electron chi connectivity index (χ2n) is 6.18. The van der Waals surface area contributed by atoms with Gasteiger partial charge in [0, 0.05) is 12.1 Å². The molecule has 1 aromatic rings. The zero-order chi connectivity index (χ0) is 13.7. The molecule has 0 aromatic heterocycles. The normalized spacial score (nSPS) is 25.2. The number of rotatable bonds is 5. The van der Waals surface area contributed by atoms with Crippen molar-refractivity contribution in [2.75, 3.05) is 0 Å². The maximum absolute atomic E-state index is 3.88. The molecule has 1 fully saturated rings. The van der Waals surface area contributed by atoms with E-state index in [1.54, 1.807) is 0 Å². The Morgan fingerprint density at radius 2 is 1.68 bits per heavy atom. The Kier molecular flexibility index (Phi) is 5.45. The number of hydrogen-bond acceptors (Lipinski definition) is 1. The fourth-order valence-corrected chi connectivity index (χ4v) is 3.15. The van der Waals surface area contributed by atoms with Crippen LogP contribution in [0.1, 0.15) is 70.0 Å². The SMILES string of the molecule is CCc1ccc(C(CC)NC2CCC(C)CC2)cc1. The molecule has 106 valence electrons. The van der Waals surface area contributed by atoms with Crippen LogP contribution in [0.4, 0.5) is 0 Å². The molecule has 0 spiro atoms. The van der Waals surface area contributed by atoms with Crippen molar-refractivity contribution in [3.05, 3.63) is 35.4 Å². The highest BCUT2D eigenvalue weighted by Crippen LogP contribution is 2.26. The van der Waals surface area contributed by atoms with Gasteiger partial charge in [-0.25, -0.2) is 0 Å². The van der Waals surface area contributed by atoms with Gasteiger partial charge in [0.1, 0.15) is 0 Å². The van der Waals surface area contributed by atoms with Crippen molar-refractivity contribution in [1.82, 2.24) is 5.32 Å². The van der Waals surface area contributed by atoms with Gasteiger partial charge in [0.05, 0.1) is 0 Å². The van der Waals surface area contributed by atoms with Crippen molar-refractivity contribution in [2.45, 2.75) is 71.4 Å². The van der Waals surface area contributed by atoms with Crippen molar-refractivity contribution in [2.24, 2.45) is 5.92 Å². The average Bonchev–Trinajstić information content (AvgIpc) is 2.47. The topological polar surface area (TPSA) is 12.0 Å². The van der Waals surface area contributed by atoms with Crippen molar-refractivity contribution in [1.29, 1.82) is 0 Å². The van der Waals surface area contributed by atoms with Crippen LogP contribution < -0.4 is 5.32 Å². The van der Waals surface area contributed by atoms with Crippen molar-refractivity contribution < 1.29 is 0 Å². The maximum atomic E-state index is 3.88. The Bertz CT molecular complexity index is 360. The molecule has 2 rings (SSSR count). The standard InChI is InChI=1S/C18H29N/c1-4-15-8-10-16(11-9-15)18(5-2)19-17-12-6-14(3)7-13-17/h8-11,14,17-19H,4-7,12-13H2,1-3H3. The number of aryl methyl sites for hydroxylation is 1. The van der Waals surface area contributed by atoms with Gasteiger partial charge < -0.3 is 5.32 Å². The zero-order valence-electron chi connectivity index (χ0n) is 12.8. The second-order valence-corrected chi connectivity index (χ2v) is 6.18. The first-order valence-electron chi connectivity index (χ1n) is 8.07. The monoisotopic (exact) mass is 259 g/mol. The second kappa shape index (κ2) is 7.09. The third-order valence-electron chi connectivity index (χ3n) is 4.65. The van der Waals surface area contributed by atoms with Crippen LogP contribution in [0.3, 0.4) is 0 Å². The Morgan fingerprint density at radius 1 is 1.05 bits per heavy atom. The Hall–Kier alpha value is -0.820. The lowest BCUT2D eigenvalue weighted by molar-refractivity contribution is 0.284. The van der Waals surface area contributed by atoms with Crippen LogP contribution in [0.5, 0.6) is 0 Å². The summed E-state index contributed by atoms with van der Waals surface area (Å²) in [7, 11) is 0. The smallest absolute Gasteiger partial charge is 0.0320 e. The van der Waals surface area contributed by atoms with Gasteiger partial charge in [0.15, 0.2) is 0 Å². The molecular weight excluding hydrogens is 230 g/mol.